The number of hydrogen-bond donors (Lipinski definition) is 1. The quantitative estimate of drug-likeness (QED) is 0.789. The van der Waals surface area contributed by atoms with Crippen LogP contribution < -0.4 is 0 Å². The standard InChI is InChI=1S/C19H14FN3/c20-17-7-5-16(6-8-17)19(10-9-18-12-22-13-23-18)15-3-1-14(11-21)2-4-15/h1-8,10,12-13H,9H2,(H,22,23). The zero-order valence-corrected chi connectivity index (χ0v) is 12.3. The number of halogens is 1. The van der Waals surface area contributed by atoms with Gasteiger partial charge in [-0.3, -0.25) is 0 Å². The van der Waals surface area contributed by atoms with Gasteiger partial charge in [0.05, 0.1) is 23.7 Å². The second-order valence-electron chi connectivity index (χ2n) is 5.08. The summed E-state index contributed by atoms with van der Waals surface area (Å²) in [6.07, 6.45) is 6.21. The molecule has 3 rings (SSSR count). The van der Waals surface area contributed by atoms with Crippen LogP contribution in [0, 0.1) is 17.1 Å². The third kappa shape index (κ3) is 3.53. The molecule has 0 radical (unpaired) electrons. The van der Waals surface area contributed by atoms with Gasteiger partial charge >= 0.3 is 0 Å². The van der Waals surface area contributed by atoms with Gasteiger partial charge in [-0.25, -0.2) is 9.37 Å². The van der Waals surface area contributed by atoms with Crippen LogP contribution in [0.4, 0.5) is 4.39 Å². The first kappa shape index (κ1) is 14.7. The van der Waals surface area contributed by atoms with E-state index in [1.54, 1.807) is 30.6 Å². The summed E-state index contributed by atoms with van der Waals surface area (Å²) in [6.45, 7) is 0. The maximum Gasteiger partial charge on any atom is 0.123 e. The second kappa shape index (κ2) is 6.71. The first-order valence-corrected chi connectivity index (χ1v) is 7.20. The molecular weight excluding hydrogens is 289 g/mol. The molecule has 0 spiro atoms. The number of allylic oxidation sites excluding steroid dienone is 1. The Bertz CT molecular complexity index is 839. The van der Waals surface area contributed by atoms with E-state index in [9.17, 15) is 4.39 Å². The van der Waals surface area contributed by atoms with E-state index in [1.165, 1.54) is 12.1 Å². The van der Waals surface area contributed by atoms with Gasteiger partial charge in [-0.1, -0.05) is 30.3 Å². The molecule has 0 saturated heterocycles. The van der Waals surface area contributed by atoms with Crippen LogP contribution in [0.25, 0.3) is 5.57 Å². The van der Waals surface area contributed by atoms with Crippen molar-refractivity contribution in [3.05, 3.63) is 95.3 Å². The molecular formula is C19H14FN3. The molecule has 23 heavy (non-hydrogen) atoms. The van der Waals surface area contributed by atoms with Crippen molar-refractivity contribution in [2.45, 2.75) is 6.42 Å². The molecule has 1 N–H and O–H groups in total. The van der Waals surface area contributed by atoms with Crippen molar-refractivity contribution in [1.29, 1.82) is 5.26 Å². The number of H-pyrrole nitrogens is 1. The second-order valence-corrected chi connectivity index (χ2v) is 5.08. The molecule has 2 aromatic carbocycles. The minimum absolute atomic E-state index is 0.264. The van der Waals surface area contributed by atoms with E-state index in [0.717, 1.165) is 22.4 Å². The van der Waals surface area contributed by atoms with Gasteiger partial charge in [0, 0.05) is 12.6 Å². The predicted molar refractivity (Wildman–Crippen MR) is 86.9 cm³/mol. The molecule has 1 aromatic heterocycles. The third-order valence-electron chi connectivity index (χ3n) is 3.55. The molecule has 0 bridgehead atoms. The average molecular weight is 303 g/mol. The monoisotopic (exact) mass is 303 g/mol. The molecule has 0 unspecified atom stereocenters. The smallest absolute Gasteiger partial charge is 0.123 e. The van der Waals surface area contributed by atoms with Gasteiger partial charge in [0.1, 0.15) is 5.82 Å². The van der Waals surface area contributed by atoms with Crippen molar-refractivity contribution in [2.75, 3.05) is 0 Å². The Morgan fingerprint density at radius 3 is 2.30 bits per heavy atom. The van der Waals surface area contributed by atoms with E-state index in [1.807, 2.05) is 18.3 Å². The van der Waals surface area contributed by atoms with Crippen LogP contribution in [0.15, 0.2) is 67.1 Å². The molecule has 0 aliphatic rings. The molecule has 0 atom stereocenters. The van der Waals surface area contributed by atoms with Gasteiger partial charge < -0.3 is 4.98 Å². The first-order valence-electron chi connectivity index (χ1n) is 7.20. The fourth-order valence-electron chi connectivity index (χ4n) is 2.37. The van der Waals surface area contributed by atoms with Crippen LogP contribution in [-0.2, 0) is 6.42 Å². The molecule has 0 aliphatic heterocycles. The molecule has 0 amide bonds. The Morgan fingerprint density at radius 2 is 1.74 bits per heavy atom. The average Bonchev–Trinajstić information content (AvgIpc) is 3.10. The van der Waals surface area contributed by atoms with Crippen molar-refractivity contribution < 1.29 is 4.39 Å². The first-order chi connectivity index (χ1) is 11.3. The number of aromatic amines is 1. The van der Waals surface area contributed by atoms with Crippen LogP contribution >= 0.6 is 0 Å². The molecule has 3 nitrogen and oxygen atoms in total. The number of rotatable bonds is 4. The Morgan fingerprint density at radius 1 is 1.09 bits per heavy atom. The van der Waals surface area contributed by atoms with Crippen LogP contribution in [0.5, 0.6) is 0 Å². The fraction of sp³-hybridized carbons (Fsp3) is 0.0526. The van der Waals surface area contributed by atoms with Crippen molar-refractivity contribution in [2.24, 2.45) is 0 Å². The Labute approximate surface area is 133 Å². The van der Waals surface area contributed by atoms with E-state index < -0.39 is 0 Å². The molecule has 112 valence electrons. The van der Waals surface area contributed by atoms with E-state index in [2.05, 4.69) is 22.1 Å². The minimum atomic E-state index is -0.264. The summed E-state index contributed by atoms with van der Waals surface area (Å²) in [6, 6.07) is 15.9. The SMILES string of the molecule is N#Cc1ccc(C(=CCc2c[nH]cn2)c2ccc(F)cc2)cc1. The molecule has 4 heteroatoms. The van der Waals surface area contributed by atoms with Gasteiger partial charge in [-0.05, 0) is 41.0 Å². The van der Waals surface area contributed by atoms with Crippen LogP contribution in [-0.4, -0.2) is 9.97 Å². The number of imidazole rings is 1. The molecule has 1 heterocycles. The normalized spacial score (nSPS) is 11.2. The molecule has 0 fully saturated rings. The Kier molecular flexibility index (Phi) is 4.30. The van der Waals surface area contributed by atoms with Gasteiger partial charge in [-0.2, -0.15) is 5.26 Å². The summed E-state index contributed by atoms with van der Waals surface area (Å²) >= 11 is 0. The van der Waals surface area contributed by atoms with Gasteiger partial charge in [0.2, 0.25) is 0 Å². The maximum absolute atomic E-state index is 13.2. The zero-order valence-electron chi connectivity index (χ0n) is 12.3. The fourth-order valence-corrected chi connectivity index (χ4v) is 2.37. The highest BCUT2D eigenvalue weighted by Gasteiger charge is 2.06. The highest BCUT2D eigenvalue weighted by atomic mass is 19.1. The van der Waals surface area contributed by atoms with Crippen LogP contribution in [0.3, 0.4) is 0 Å². The maximum atomic E-state index is 13.2. The van der Waals surface area contributed by atoms with Gasteiger partial charge in [-0.15, -0.1) is 0 Å². The summed E-state index contributed by atoms with van der Waals surface area (Å²) in [5, 5.41) is 8.93. The summed E-state index contributed by atoms with van der Waals surface area (Å²) in [4.78, 5) is 7.14. The van der Waals surface area contributed by atoms with E-state index >= 15 is 0 Å². The summed E-state index contributed by atoms with van der Waals surface area (Å²) in [5.41, 5.74) is 4.42. The number of hydrogen-bond acceptors (Lipinski definition) is 2. The lowest BCUT2D eigenvalue weighted by Gasteiger charge is -2.09. The molecule has 0 saturated carbocycles. The van der Waals surface area contributed by atoms with Crippen molar-refractivity contribution in [3.63, 3.8) is 0 Å². The Hall–Kier alpha value is -3.19. The lowest BCUT2D eigenvalue weighted by Crippen LogP contribution is -1.91. The highest BCUT2D eigenvalue weighted by molar-refractivity contribution is 5.80. The molecule has 0 aliphatic carbocycles. The van der Waals surface area contributed by atoms with Crippen molar-refractivity contribution in [1.82, 2.24) is 9.97 Å². The largest absolute Gasteiger partial charge is 0.351 e. The number of benzene rings is 2. The minimum Gasteiger partial charge on any atom is -0.351 e. The summed E-state index contributed by atoms with van der Waals surface area (Å²) in [7, 11) is 0. The van der Waals surface area contributed by atoms with Gasteiger partial charge in [0.25, 0.3) is 0 Å². The summed E-state index contributed by atoms with van der Waals surface area (Å²) < 4.78 is 13.2. The van der Waals surface area contributed by atoms with Gasteiger partial charge in [0.15, 0.2) is 0 Å². The van der Waals surface area contributed by atoms with Crippen LogP contribution in [0.1, 0.15) is 22.4 Å². The summed E-state index contributed by atoms with van der Waals surface area (Å²) in [5.74, 6) is -0.264. The number of nitrogens with zero attached hydrogens (tertiary/aromatic N) is 2. The predicted octanol–water partition coefficient (Wildman–Crippen LogP) is 4.09. The highest BCUT2D eigenvalue weighted by Crippen LogP contribution is 2.24. The zero-order chi connectivity index (χ0) is 16.1. The lowest BCUT2D eigenvalue weighted by molar-refractivity contribution is 0.627. The van der Waals surface area contributed by atoms with E-state index in [-0.39, 0.29) is 5.82 Å². The molecule has 3 aromatic rings. The third-order valence-corrected chi connectivity index (χ3v) is 3.55. The van der Waals surface area contributed by atoms with Crippen molar-refractivity contribution in [3.8, 4) is 6.07 Å². The van der Waals surface area contributed by atoms with Crippen molar-refractivity contribution >= 4 is 5.57 Å². The number of aromatic nitrogens is 2. The van der Waals surface area contributed by atoms with E-state index in [4.69, 9.17) is 5.26 Å². The lowest BCUT2D eigenvalue weighted by atomic mass is 9.96. The topological polar surface area (TPSA) is 52.5 Å². The van der Waals surface area contributed by atoms with Crippen LogP contribution in [0.2, 0.25) is 0 Å². The van der Waals surface area contributed by atoms with E-state index in [0.29, 0.717) is 12.0 Å². The number of nitriles is 1. The Balaban J connectivity index is 1.99. The number of nitrogens with one attached hydrogen (secondary N) is 1.